The Kier molecular flexibility index (Phi) is 3.86. The van der Waals surface area contributed by atoms with Crippen molar-refractivity contribution in [2.24, 2.45) is 0 Å². The fourth-order valence-corrected chi connectivity index (χ4v) is 2.41. The molecule has 1 aliphatic rings. The highest BCUT2D eigenvalue weighted by Gasteiger charge is 2.27. The maximum absolute atomic E-state index is 9.62. The van der Waals surface area contributed by atoms with Gasteiger partial charge in [-0.2, -0.15) is 0 Å². The quantitative estimate of drug-likeness (QED) is 0.875. The summed E-state index contributed by atoms with van der Waals surface area (Å²) in [6.45, 7) is 2.50. The third kappa shape index (κ3) is 2.75. The molecule has 1 heterocycles. The average molecular weight is 284 g/mol. The Balaban J connectivity index is 1.87. The molecule has 0 saturated heterocycles. The summed E-state index contributed by atoms with van der Waals surface area (Å²) in [4.78, 5) is 0. The third-order valence-electron chi connectivity index (χ3n) is 3.64. The summed E-state index contributed by atoms with van der Waals surface area (Å²) in [6, 6.07) is 11.5. The highest BCUT2D eigenvalue weighted by atomic mass is 16.5. The number of hydrogen-bond donors (Lipinski definition) is 1. The van der Waals surface area contributed by atoms with E-state index in [1.807, 2.05) is 36.4 Å². The second kappa shape index (κ2) is 5.80. The Morgan fingerprint density at radius 3 is 2.81 bits per heavy atom. The molecule has 0 radical (unpaired) electrons. The molecule has 0 aromatic heterocycles. The maximum atomic E-state index is 9.62. The normalized spacial score (nSPS) is 13.2. The molecule has 3 rings (SSSR count). The molecule has 0 unspecified atom stereocenters. The standard InChI is InChI=1S/C16H17BO4/c1-3-11-4-7-15(16(8-11)19-2)21-13-5-6-14-12(9-13)10-20-17(14)18/h4-9,18H,3,10H2,1-2H3. The molecule has 2 aromatic rings. The lowest BCUT2D eigenvalue weighted by atomic mass is 9.80. The van der Waals surface area contributed by atoms with Crippen molar-refractivity contribution in [3.63, 3.8) is 0 Å². The topological polar surface area (TPSA) is 47.9 Å². The van der Waals surface area contributed by atoms with Crippen molar-refractivity contribution in [3.8, 4) is 17.2 Å². The molecule has 0 fully saturated rings. The van der Waals surface area contributed by atoms with E-state index in [-0.39, 0.29) is 0 Å². The lowest BCUT2D eigenvalue weighted by Crippen LogP contribution is -2.27. The summed E-state index contributed by atoms with van der Waals surface area (Å²) in [5.74, 6) is 2.09. The first-order valence-corrected chi connectivity index (χ1v) is 6.98. The predicted octanol–water partition coefficient (Wildman–Crippen LogP) is 2.27. The van der Waals surface area contributed by atoms with Gasteiger partial charge in [0.15, 0.2) is 11.5 Å². The lowest BCUT2D eigenvalue weighted by molar-refractivity contribution is 0.275. The Hall–Kier alpha value is -1.98. The largest absolute Gasteiger partial charge is 0.493 e. The average Bonchev–Trinajstić information content (AvgIpc) is 2.88. The molecule has 21 heavy (non-hydrogen) atoms. The predicted molar refractivity (Wildman–Crippen MR) is 81.3 cm³/mol. The van der Waals surface area contributed by atoms with E-state index in [4.69, 9.17) is 14.1 Å². The number of aryl methyl sites for hydroxylation is 1. The van der Waals surface area contributed by atoms with Crippen LogP contribution in [0.25, 0.3) is 0 Å². The van der Waals surface area contributed by atoms with Gasteiger partial charge in [-0.1, -0.05) is 19.1 Å². The molecule has 108 valence electrons. The van der Waals surface area contributed by atoms with Crippen molar-refractivity contribution < 1.29 is 19.2 Å². The van der Waals surface area contributed by atoms with E-state index in [0.717, 1.165) is 17.4 Å². The fraction of sp³-hybridized carbons (Fsp3) is 0.250. The number of fused-ring (bicyclic) bond motifs is 1. The van der Waals surface area contributed by atoms with Crippen LogP contribution in [0.2, 0.25) is 0 Å². The number of ether oxygens (including phenoxy) is 2. The van der Waals surface area contributed by atoms with Crippen LogP contribution < -0.4 is 14.9 Å². The molecule has 0 atom stereocenters. The smallest absolute Gasteiger partial charge is 0.491 e. The van der Waals surface area contributed by atoms with Crippen molar-refractivity contribution in [2.45, 2.75) is 20.0 Å². The monoisotopic (exact) mass is 284 g/mol. The van der Waals surface area contributed by atoms with Gasteiger partial charge in [0.1, 0.15) is 5.75 Å². The van der Waals surface area contributed by atoms with Crippen LogP contribution in [0.1, 0.15) is 18.1 Å². The molecule has 0 aliphatic carbocycles. The number of benzene rings is 2. The van der Waals surface area contributed by atoms with Crippen molar-refractivity contribution in [3.05, 3.63) is 47.5 Å². The van der Waals surface area contributed by atoms with Gasteiger partial charge in [-0.3, -0.25) is 0 Å². The zero-order valence-electron chi connectivity index (χ0n) is 12.1. The summed E-state index contributed by atoms with van der Waals surface area (Å²) in [5.41, 5.74) is 2.95. The van der Waals surface area contributed by atoms with Crippen LogP contribution in [0.15, 0.2) is 36.4 Å². The van der Waals surface area contributed by atoms with Gasteiger partial charge in [0, 0.05) is 0 Å². The molecule has 0 amide bonds. The molecular formula is C16H17BO4. The van der Waals surface area contributed by atoms with Crippen LogP contribution in [-0.2, 0) is 17.7 Å². The first-order chi connectivity index (χ1) is 10.2. The number of methoxy groups -OCH3 is 1. The Morgan fingerprint density at radius 2 is 2.05 bits per heavy atom. The summed E-state index contributed by atoms with van der Waals surface area (Å²) < 4.78 is 16.5. The SMILES string of the molecule is CCc1ccc(Oc2ccc3c(c2)COB3O)c(OC)c1. The van der Waals surface area contributed by atoms with Gasteiger partial charge in [-0.25, -0.2) is 0 Å². The molecule has 0 spiro atoms. The van der Waals surface area contributed by atoms with Gasteiger partial charge < -0.3 is 19.2 Å². The third-order valence-corrected chi connectivity index (χ3v) is 3.64. The second-order valence-electron chi connectivity index (χ2n) is 4.96. The van der Waals surface area contributed by atoms with Crippen LogP contribution in [0.3, 0.4) is 0 Å². The highest BCUT2D eigenvalue weighted by Crippen LogP contribution is 2.33. The van der Waals surface area contributed by atoms with E-state index in [9.17, 15) is 5.02 Å². The van der Waals surface area contributed by atoms with Gasteiger partial charge in [-0.15, -0.1) is 0 Å². The van der Waals surface area contributed by atoms with Gasteiger partial charge in [0.2, 0.25) is 0 Å². The van der Waals surface area contributed by atoms with E-state index in [1.54, 1.807) is 7.11 Å². The van der Waals surface area contributed by atoms with Crippen LogP contribution in [0.4, 0.5) is 0 Å². The van der Waals surface area contributed by atoms with Gasteiger partial charge in [0.25, 0.3) is 0 Å². The Morgan fingerprint density at radius 1 is 1.19 bits per heavy atom. The Bertz CT molecular complexity index is 657. The molecule has 1 N–H and O–H groups in total. The lowest BCUT2D eigenvalue weighted by Gasteiger charge is -2.12. The second-order valence-corrected chi connectivity index (χ2v) is 4.96. The molecule has 0 saturated carbocycles. The van der Waals surface area contributed by atoms with Crippen LogP contribution in [0, 0.1) is 0 Å². The summed E-state index contributed by atoms with van der Waals surface area (Å²) >= 11 is 0. The van der Waals surface area contributed by atoms with E-state index < -0.39 is 7.12 Å². The minimum absolute atomic E-state index is 0.402. The van der Waals surface area contributed by atoms with E-state index >= 15 is 0 Å². The van der Waals surface area contributed by atoms with Gasteiger partial charge in [-0.05, 0) is 47.3 Å². The summed E-state index contributed by atoms with van der Waals surface area (Å²) in [5, 5.41) is 9.62. The van der Waals surface area contributed by atoms with Crippen molar-refractivity contribution in [1.29, 1.82) is 0 Å². The molecule has 0 bridgehead atoms. The van der Waals surface area contributed by atoms with E-state index in [0.29, 0.717) is 23.9 Å². The number of rotatable bonds is 4. The van der Waals surface area contributed by atoms with Crippen LogP contribution >= 0.6 is 0 Å². The fourth-order valence-electron chi connectivity index (χ4n) is 2.41. The molecule has 4 nitrogen and oxygen atoms in total. The molecule has 5 heteroatoms. The van der Waals surface area contributed by atoms with Gasteiger partial charge in [0.05, 0.1) is 13.7 Å². The molecular weight excluding hydrogens is 267 g/mol. The first-order valence-electron chi connectivity index (χ1n) is 6.98. The van der Waals surface area contributed by atoms with Crippen molar-refractivity contribution in [2.75, 3.05) is 7.11 Å². The highest BCUT2D eigenvalue weighted by molar-refractivity contribution is 6.61. The maximum Gasteiger partial charge on any atom is 0.491 e. The zero-order chi connectivity index (χ0) is 14.8. The van der Waals surface area contributed by atoms with Crippen molar-refractivity contribution in [1.82, 2.24) is 0 Å². The first kappa shape index (κ1) is 14.0. The number of hydrogen-bond acceptors (Lipinski definition) is 4. The molecule has 1 aliphatic heterocycles. The minimum atomic E-state index is -0.826. The minimum Gasteiger partial charge on any atom is -0.493 e. The Labute approximate surface area is 124 Å². The van der Waals surface area contributed by atoms with Crippen molar-refractivity contribution >= 4 is 12.6 Å². The summed E-state index contributed by atoms with van der Waals surface area (Å²) in [6.07, 6.45) is 0.949. The van der Waals surface area contributed by atoms with E-state index in [2.05, 4.69) is 6.92 Å². The van der Waals surface area contributed by atoms with Gasteiger partial charge >= 0.3 is 7.12 Å². The van der Waals surface area contributed by atoms with E-state index in [1.165, 1.54) is 5.56 Å². The summed E-state index contributed by atoms with van der Waals surface area (Å²) in [7, 11) is 0.807. The zero-order valence-corrected chi connectivity index (χ0v) is 12.1. The van der Waals surface area contributed by atoms with Crippen LogP contribution in [-0.4, -0.2) is 19.3 Å². The van der Waals surface area contributed by atoms with Crippen LogP contribution in [0.5, 0.6) is 17.2 Å². The molecule has 2 aromatic carbocycles.